The van der Waals surface area contributed by atoms with Crippen molar-refractivity contribution >= 4 is 0 Å². The van der Waals surface area contributed by atoms with Crippen LogP contribution in [0.1, 0.15) is 16.7 Å². The van der Waals surface area contributed by atoms with Crippen LogP contribution in [0.5, 0.6) is 0 Å². The maximum atomic E-state index is 4.04. The first-order valence-corrected chi connectivity index (χ1v) is 7.08. The second kappa shape index (κ2) is 7.78. The van der Waals surface area contributed by atoms with E-state index in [0.717, 1.165) is 26.1 Å². The van der Waals surface area contributed by atoms with Crippen LogP contribution in [0.15, 0.2) is 48.8 Å². The van der Waals surface area contributed by atoms with Gasteiger partial charge >= 0.3 is 0 Å². The lowest BCUT2D eigenvalue weighted by Gasteiger charge is -2.17. The summed E-state index contributed by atoms with van der Waals surface area (Å²) in [5.41, 5.74) is 4.04. The van der Waals surface area contributed by atoms with E-state index in [9.17, 15) is 0 Å². The lowest BCUT2D eigenvalue weighted by molar-refractivity contribution is 0.331. The monoisotopic (exact) mass is 269 g/mol. The summed E-state index contributed by atoms with van der Waals surface area (Å²) in [6.45, 7) is 2.98. The smallest absolute Gasteiger partial charge is 0.0270 e. The second-order valence-electron chi connectivity index (χ2n) is 5.19. The highest BCUT2D eigenvalue weighted by Crippen LogP contribution is 2.07. The zero-order valence-electron chi connectivity index (χ0n) is 12.3. The molecule has 0 fully saturated rings. The number of benzene rings is 1. The minimum absolute atomic E-state index is 0.929. The highest BCUT2D eigenvalue weighted by Gasteiger charge is 2.01. The molecule has 0 saturated heterocycles. The first kappa shape index (κ1) is 14.7. The number of nitrogens with one attached hydrogen (secondary N) is 1. The maximum absolute atomic E-state index is 4.04. The van der Waals surface area contributed by atoms with E-state index in [1.807, 2.05) is 19.4 Å². The largest absolute Gasteiger partial charge is 0.316 e. The van der Waals surface area contributed by atoms with Crippen molar-refractivity contribution in [1.29, 1.82) is 0 Å². The molecule has 0 unspecified atom stereocenters. The van der Waals surface area contributed by atoms with E-state index in [-0.39, 0.29) is 0 Å². The number of pyridine rings is 1. The molecule has 0 atom stereocenters. The Morgan fingerprint density at radius 1 is 0.950 bits per heavy atom. The van der Waals surface area contributed by atoms with Gasteiger partial charge in [-0.2, -0.15) is 0 Å². The Morgan fingerprint density at radius 2 is 1.60 bits per heavy atom. The minimum Gasteiger partial charge on any atom is -0.316 e. The van der Waals surface area contributed by atoms with Gasteiger partial charge in [0.15, 0.2) is 0 Å². The van der Waals surface area contributed by atoms with Crippen LogP contribution in [-0.4, -0.2) is 30.5 Å². The third-order valence-electron chi connectivity index (χ3n) is 3.39. The number of hydrogen-bond donors (Lipinski definition) is 1. The van der Waals surface area contributed by atoms with Gasteiger partial charge < -0.3 is 10.2 Å². The molecule has 0 aliphatic rings. The number of rotatable bonds is 7. The van der Waals surface area contributed by atoms with Crippen LogP contribution >= 0.6 is 0 Å². The van der Waals surface area contributed by atoms with E-state index in [2.05, 4.69) is 58.6 Å². The van der Waals surface area contributed by atoms with E-state index in [1.54, 1.807) is 0 Å². The van der Waals surface area contributed by atoms with Gasteiger partial charge in [-0.15, -0.1) is 0 Å². The highest BCUT2D eigenvalue weighted by atomic mass is 15.1. The topological polar surface area (TPSA) is 28.2 Å². The zero-order valence-corrected chi connectivity index (χ0v) is 12.3. The molecule has 1 aromatic heterocycles. The summed E-state index contributed by atoms with van der Waals surface area (Å²) in [6, 6.07) is 13.0. The molecule has 0 saturated carbocycles. The second-order valence-corrected chi connectivity index (χ2v) is 5.19. The van der Waals surface area contributed by atoms with E-state index < -0.39 is 0 Å². The van der Waals surface area contributed by atoms with Crippen LogP contribution in [0.3, 0.4) is 0 Å². The Labute approximate surface area is 121 Å². The normalized spacial score (nSPS) is 10.9. The van der Waals surface area contributed by atoms with Crippen molar-refractivity contribution in [2.75, 3.05) is 20.6 Å². The van der Waals surface area contributed by atoms with Crippen molar-refractivity contribution < 1.29 is 0 Å². The molecule has 3 heteroatoms. The van der Waals surface area contributed by atoms with E-state index >= 15 is 0 Å². The highest BCUT2D eigenvalue weighted by molar-refractivity contribution is 5.22. The molecule has 1 aromatic carbocycles. The Morgan fingerprint density at radius 3 is 2.25 bits per heavy atom. The van der Waals surface area contributed by atoms with Crippen LogP contribution in [0.25, 0.3) is 0 Å². The van der Waals surface area contributed by atoms with Crippen molar-refractivity contribution in [1.82, 2.24) is 15.2 Å². The Hall–Kier alpha value is -1.71. The molecule has 0 aliphatic carbocycles. The van der Waals surface area contributed by atoms with Gasteiger partial charge in [-0.1, -0.05) is 24.3 Å². The van der Waals surface area contributed by atoms with Crippen molar-refractivity contribution in [2.45, 2.75) is 19.5 Å². The lowest BCUT2D eigenvalue weighted by atomic mass is 10.1. The molecule has 3 nitrogen and oxygen atoms in total. The fourth-order valence-corrected chi connectivity index (χ4v) is 2.23. The summed E-state index contributed by atoms with van der Waals surface area (Å²) >= 11 is 0. The fraction of sp³-hybridized carbons (Fsp3) is 0.353. The van der Waals surface area contributed by atoms with Crippen molar-refractivity contribution in [3.05, 3.63) is 65.5 Å². The third-order valence-corrected chi connectivity index (χ3v) is 3.39. The molecule has 2 aromatic rings. The summed E-state index contributed by atoms with van der Waals surface area (Å²) in [4.78, 5) is 6.40. The molecule has 0 spiro atoms. The van der Waals surface area contributed by atoms with Gasteiger partial charge in [-0.25, -0.2) is 0 Å². The van der Waals surface area contributed by atoms with E-state index in [0.29, 0.717) is 0 Å². The molecule has 0 bridgehead atoms. The van der Waals surface area contributed by atoms with Gasteiger partial charge in [0, 0.05) is 32.0 Å². The molecule has 0 aliphatic heterocycles. The SMILES string of the molecule is CNCc1ccc(CN(C)CCc2ccncc2)cc1. The molecule has 1 heterocycles. The maximum Gasteiger partial charge on any atom is 0.0270 e. The molecule has 106 valence electrons. The molecule has 1 N–H and O–H groups in total. The fourth-order valence-electron chi connectivity index (χ4n) is 2.23. The van der Waals surface area contributed by atoms with Crippen LogP contribution < -0.4 is 5.32 Å². The predicted molar refractivity (Wildman–Crippen MR) is 83.5 cm³/mol. The van der Waals surface area contributed by atoms with Gasteiger partial charge in [-0.05, 0) is 49.3 Å². The summed E-state index contributed by atoms with van der Waals surface area (Å²) in [5.74, 6) is 0. The number of likely N-dealkylation sites (N-methyl/N-ethyl adjacent to an activating group) is 1. The molecular formula is C17H23N3. The van der Waals surface area contributed by atoms with Crippen LogP contribution in [-0.2, 0) is 19.5 Å². The quantitative estimate of drug-likeness (QED) is 0.837. The van der Waals surface area contributed by atoms with Crippen molar-refractivity contribution in [2.24, 2.45) is 0 Å². The van der Waals surface area contributed by atoms with Crippen molar-refractivity contribution in [3.8, 4) is 0 Å². The predicted octanol–water partition coefficient (Wildman–Crippen LogP) is 2.48. The van der Waals surface area contributed by atoms with E-state index in [1.165, 1.54) is 16.7 Å². The number of aromatic nitrogens is 1. The molecular weight excluding hydrogens is 246 g/mol. The standard InChI is InChI=1S/C17H23N3/c1-18-13-16-3-5-17(6-4-16)14-20(2)12-9-15-7-10-19-11-8-15/h3-8,10-11,18H,9,12-14H2,1-2H3. The van der Waals surface area contributed by atoms with Gasteiger partial charge in [0.25, 0.3) is 0 Å². The average Bonchev–Trinajstić information content (AvgIpc) is 2.49. The lowest BCUT2D eigenvalue weighted by Crippen LogP contribution is -2.20. The number of hydrogen-bond acceptors (Lipinski definition) is 3. The Kier molecular flexibility index (Phi) is 5.71. The van der Waals surface area contributed by atoms with Gasteiger partial charge in [-0.3, -0.25) is 4.98 Å². The van der Waals surface area contributed by atoms with Crippen molar-refractivity contribution in [3.63, 3.8) is 0 Å². The van der Waals surface area contributed by atoms with Gasteiger partial charge in [0.1, 0.15) is 0 Å². The van der Waals surface area contributed by atoms with Gasteiger partial charge in [0.05, 0.1) is 0 Å². The van der Waals surface area contributed by atoms with E-state index in [4.69, 9.17) is 0 Å². The number of nitrogens with zero attached hydrogens (tertiary/aromatic N) is 2. The Balaban J connectivity index is 1.80. The van der Waals surface area contributed by atoms with Crippen LogP contribution in [0.4, 0.5) is 0 Å². The third kappa shape index (κ3) is 4.76. The average molecular weight is 269 g/mol. The Bertz CT molecular complexity index is 493. The van der Waals surface area contributed by atoms with Gasteiger partial charge in [0.2, 0.25) is 0 Å². The van der Waals surface area contributed by atoms with Crippen LogP contribution in [0, 0.1) is 0 Å². The summed E-state index contributed by atoms with van der Waals surface area (Å²) < 4.78 is 0. The minimum atomic E-state index is 0.929. The summed E-state index contributed by atoms with van der Waals surface area (Å²) in [7, 11) is 4.14. The molecule has 0 radical (unpaired) electrons. The molecule has 2 rings (SSSR count). The molecule has 20 heavy (non-hydrogen) atoms. The summed E-state index contributed by atoms with van der Waals surface area (Å²) in [5, 5.41) is 3.17. The first-order chi connectivity index (χ1) is 9.78. The zero-order chi connectivity index (χ0) is 14.2. The van der Waals surface area contributed by atoms with Crippen LogP contribution in [0.2, 0.25) is 0 Å². The first-order valence-electron chi connectivity index (χ1n) is 7.08. The molecule has 0 amide bonds. The summed E-state index contributed by atoms with van der Waals surface area (Å²) in [6.07, 6.45) is 4.78.